The molecule has 1 aromatic carbocycles. The predicted molar refractivity (Wildman–Crippen MR) is 102 cm³/mol. The number of ether oxygens (including phenoxy) is 1. The minimum atomic E-state index is -0.544. The fourth-order valence-electron chi connectivity index (χ4n) is 5.87. The topological polar surface area (TPSA) is 61.8 Å². The second-order valence-corrected chi connectivity index (χ2v) is 9.07. The lowest BCUT2D eigenvalue weighted by Gasteiger charge is -2.51. The molecule has 2 saturated heterocycles. The van der Waals surface area contributed by atoms with E-state index < -0.39 is 6.10 Å². The van der Waals surface area contributed by atoms with Crippen LogP contribution in [0.4, 0.5) is 5.69 Å². The first-order valence-electron chi connectivity index (χ1n) is 9.37. The van der Waals surface area contributed by atoms with Gasteiger partial charge in [0.25, 0.3) is 0 Å². The number of piperidine rings is 1. The number of aliphatic hydroxyl groups is 1. The van der Waals surface area contributed by atoms with Crippen LogP contribution in [-0.2, 0) is 14.9 Å². The van der Waals surface area contributed by atoms with E-state index in [-0.39, 0.29) is 23.3 Å². The summed E-state index contributed by atoms with van der Waals surface area (Å²) in [5.41, 5.74) is 3.56. The number of esters is 1. The molecule has 0 amide bonds. The molecule has 2 fully saturated rings. The fraction of sp³-hybridized carbons (Fsp3) is 0.550. The van der Waals surface area contributed by atoms with Crippen LogP contribution in [-0.4, -0.2) is 59.3 Å². The molecular weight excluding hydrogens is 348 g/mol. The zero-order chi connectivity index (χ0) is 18.1. The first kappa shape index (κ1) is 16.7. The maximum absolute atomic E-state index is 12.8. The highest BCUT2D eigenvalue weighted by Gasteiger charge is 2.68. The highest BCUT2D eigenvalue weighted by molar-refractivity contribution is 8.00. The third kappa shape index (κ3) is 1.82. The number of carbonyl (C=O) groups excluding carboxylic acids is 1. The van der Waals surface area contributed by atoms with Crippen LogP contribution in [0.15, 0.2) is 35.5 Å². The maximum Gasteiger partial charge on any atom is 0.335 e. The van der Waals surface area contributed by atoms with Gasteiger partial charge in [-0.2, -0.15) is 11.8 Å². The molecule has 5 atom stereocenters. The molecule has 1 aliphatic carbocycles. The van der Waals surface area contributed by atoms with Crippen molar-refractivity contribution in [2.45, 2.75) is 36.2 Å². The Bertz CT molecular complexity index is 810. The Morgan fingerprint density at radius 2 is 2.27 bits per heavy atom. The van der Waals surface area contributed by atoms with Crippen LogP contribution in [0.1, 0.15) is 18.9 Å². The number of thioether (sulfide) groups is 1. The van der Waals surface area contributed by atoms with E-state index >= 15 is 0 Å². The molecule has 5 nitrogen and oxygen atoms in total. The Labute approximate surface area is 157 Å². The molecule has 1 spiro atoms. The number of nitrogens with one attached hydrogen (secondary N) is 1. The molecule has 0 aromatic heterocycles. The summed E-state index contributed by atoms with van der Waals surface area (Å²) in [5.74, 6) is 0.553. The molecule has 26 heavy (non-hydrogen) atoms. The van der Waals surface area contributed by atoms with Crippen molar-refractivity contribution in [1.82, 2.24) is 4.90 Å². The van der Waals surface area contributed by atoms with Crippen molar-refractivity contribution in [3.63, 3.8) is 0 Å². The van der Waals surface area contributed by atoms with Gasteiger partial charge in [0.15, 0.2) is 0 Å². The second-order valence-electron chi connectivity index (χ2n) is 7.59. The summed E-state index contributed by atoms with van der Waals surface area (Å²) in [7, 11) is 1.44. The number of hydrogen-bond donors (Lipinski definition) is 2. The van der Waals surface area contributed by atoms with Crippen LogP contribution in [0, 0.1) is 5.92 Å². The summed E-state index contributed by atoms with van der Waals surface area (Å²) in [6.07, 6.45) is 0.250. The fourth-order valence-corrected chi connectivity index (χ4v) is 7.21. The molecular formula is C20H24N2O3S. The maximum atomic E-state index is 12.8. The standard InChI is InChI=1S/C20H24N2O3S/c1-3-26-14-10-22-9-8-11-15(19(24)25-2)17-20(14,18(22)16(11)23)12-6-4-5-7-13(12)21-17/h4-7,11,14,16,18,21,23H,3,8-10H2,1-2H3/t11-,14+,16+,18-,20+/m1/s1. The van der Waals surface area contributed by atoms with Crippen molar-refractivity contribution in [1.29, 1.82) is 0 Å². The molecule has 0 radical (unpaired) electrons. The molecule has 0 unspecified atom stereocenters. The number of methoxy groups -OCH3 is 1. The molecule has 2 N–H and O–H groups in total. The largest absolute Gasteiger partial charge is 0.466 e. The number of fused-ring (bicyclic) bond motifs is 2. The molecule has 1 aromatic rings. The van der Waals surface area contributed by atoms with E-state index in [0.717, 1.165) is 36.6 Å². The third-order valence-corrected chi connectivity index (χ3v) is 7.95. The zero-order valence-electron chi connectivity index (χ0n) is 15.1. The summed E-state index contributed by atoms with van der Waals surface area (Å²) in [5, 5.41) is 15.2. The number of nitrogens with zero attached hydrogens (tertiary/aromatic N) is 1. The van der Waals surface area contributed by atoms with Crippen molar-refractivity contribution in [3.8, 4) is 0 Å². The van der Waals surface area contributed by atoms with Crippen molar-refractivity contribution in [2.24, 2.45) is 5.92 Å². The van der Waals surface area contributed by atoms with Gasteiger partial charge < -0.3 is 15.2 Å². The van der Waals surface area contributed by atoms with Crippen LogP contribution in [0.5, 0.6) is 0 Å². The Hall–Kier alpha value is -1.50. The smallest absolute Gasteiger partial charge is 0.335 e. The summed E-state index contributed by atoms with van der Waals surface area (Å²) >= 11 is 1.94. The van der Waals surface area contributed by atoms with Crippen LogP contribution < -0.4 is 5.32 Å². The van der Waals surface area contributed by atoms with E-state index in [4.69, 9.17) is 4.74 Å². The molecule has 4 aliphatic rings. The minimum absolute atomic E-state index is 0.0184. The highest BCUT2D eigenvalue weighted by Crippen LogP contribution is 2.62. The number of para-hydroxylation sites is 1. The van der Waals surface area contributed by atoms with Gasteiger partial charge in [-0.1, -0.05) is 25.1 Å². The van der Waals surface area contributed by atoms with Crippen LogP contribution >= 0.6 is 11.8 Å². The van der Waals surface area contributed by atoms with Crippen molar-refractivity contribution < 1.29 is 14.6 Å². The highest BCUT2D eigenvalue weighted by atomic mass is 32.2. The number of rotatable bonds is 3. The number of hydrogen-bond acceptors (Lipinski definition) is 6. The summed E-state index contributed by atoms with van der Waals surface area (Å²) in [4.78, 5) is 15.2. The monoisotopic (exact) mass is 372 g/mol. The summed E-state index contributed by atoms with van der Waals surface area (Å²) in [6.45, 7) is 4.05. The van der Waals surface area contributed by atoms with Crippen LogP contribution in [0.25, 0.3) is 0 Å². The Balaban J connectivity index is 1.84. The number of aliphatic hydroxyl groups excluding tert-OH is 1. The molecule has 3 aliphatic heterocycles. The zero-order valence-corrected chi connectivity index (χ0v) is 15.9. The third-order valence-electron chi connectivity index (χ3n) is 6.69. The van der Waals surface area contributed by atoms with Crippen molar-refractivity contribution in [3.05, 3.63) is 41.1 Å². The average molecular weight is 372 g/mol. The van der Waals surface area contributed by atoms with Gasteiger partial charge in [-0.25, -0.2) is 4.79 Å². The van der Waals surface area contributed by atoms with E-state index in [9.17, 15) is 9.90 Å². The van der Waals surface area contributed by atoms with E-state index in [0.29, 0.717) is 10.8 Å². The van der Waals surface area contributed by atoms with Crippen LogP contribution in [0.3, 0.4) is 0 Å². The predicted octanol–water partition coefficient (Wildman–Crippen LogP) is 1.98. The van der Waals surface area contributed by atoms with Gasteiger partial charge >= 0.3 is 5.97 Å². The van der Waals surface area contributed by atoms with E-state index in [1.807, 2.05) is 17.8 Å². The molecule has 5 rings (SSSR count). The summed E-state index contributed by atoms with van der Waals surface area (Å²) in [6, 6.07) is 8.35. The lowest BCUT2D eigenvalue weighted by atomic mass is 9.61. The van der Waals surface area contributed by atoms with Gasteiger partial charge in [-0.3, -0.25) is 4.90 Å². The van der Waals surface area contributed by atoms with E-state index in [1.165, 1.54) is 12.7 Å². The van der Waals surface area contributed by atoms with E-state index in [1.54, 1.807) is 0 Å². The molecule has 6 heteroatoms. The van der Waals surface area contributed by atoms with Gasteiger partial charge in [0.1, 0.15) is 0 Å². The SMILES string of the molecule is CCS[C@H]1CN2CC[C@@H]3C(C(=O)OC)=C4Nc5ccccc5[C@@]41[C@H]2[C@H]3O. The number of carbonyl (C=O) groups is 1. The molecule has 2 bridgehead atoms. The molecule has 138 valence electrons. The second kappa shape index (κ2) is 5.75. The van der Waals surface area contributed by atoms with Gasteiger partial charge in [0.05, 0.1) is 30.2 Å². The quantitative estimate of drug-likeness (QED) is 0.791. The summed E-state index contributed by atoms with van der Waals surface area (Å²) < 4.78 is 5.17. The Kier molecular flexibility index (Phi) is 3.68. The van der Waals surface area contributed by atoms with Gasteiger partial charge in [0, 0.05) is 29.1 Å². The van der Waals surface area contributed by atoms with Gasteiger partial charge in [-0.15, -0.1) is 0 Å². The number of benzene rings is 1. The normalized spacial score (nSPS) is 37.2. The molecule has 0 saturated carbocycles. The lowest BCUT2D eigenvalue weighted by Crippen LogP contribution is -2.62. The average Bonchev–Trinajstić information content (AvgIpc) is 3.16. The van der Waals surface area contributed by atoms with Crippen molar-refractivity contribution in [2.75, 3.05) is 31.3 Å². The lowest BCUT2D eigenvalue weighted by molar-refractivity contribution is -0.139. The van der Waals surface area contributed by atoms with Gasteiger partial charge in [0.2, 0.25) is 0 Å². The molecule has 3 heterocycles. The minimum Gasteiger partial charge on any atom is -0.466 e. The Morgan fingerprint density at radius 3 is 3.04 bits per heavy atom. The van der Waals surface area contributed by atoms with Gasteiger partial charge in [-0.05, 0) is 30.3 Å². The van der Waals surface area contributed by atoms with Crippen LogP contribution in [0.2, 0.25) is 0 Å². The first-order valence-corrected chi connectivity index (χ1v) is 10.4. The van der Waals surface area contributed by atoms with Crippen molar-refractivity contribution >= 4 is 23.4 Å². The van der Waals surface area contributed by atoms with E-state index in [2.05, 4.69) is 35.3 Å². The number of anilines is 1. The first-order chi connectivity index (χ1) is 12.6. The Morgan fingerprint density at radius 1 is 1.46 bits per heavy atom.